The zero-order valence-electron chi connectivity index (χ0n) is 7.68. The van der Waals surface area contributed by atoms with Crippen molar-refractivity contribution in [2.75, 3.05) is 13.1 Å². The van der Waals surface area contributed by atoms with Crippen LogP contribution in [0.2, 0.25) is 0 Å². The lowest BCUT2D eigenvalue weighted by Crippen LogP contribution is -2.39. The third kappa shape index (κ3) is 2.42. The molecule has 4 heteroatoms. The summed E-state index contributed by atoms with van der Waals surface area (Å²) in [5.74, 6) is -0.00583. The Morgan fingerprint density at radius 3 is 2.92 bits per heavy atom. The molecule has 1 heterocycles. The number of aliphatic hydroxyl groups is 1. The number of nitrogens with one attached hydrogen (secondary N) is 2. The van der Waals surface area contributed by atoms with Gasteiger partial charge in [0.25, 0.3) is 0 Å². The van der Waals surface area contributed by atoms with Crippen LogP contribution in [0.4, 0.5) is 0 Å². The third-order valence-corrected chi connectivity index (χ3v) is 2.65. The van der Waals surface area contributed by atoms with Crippen LogP contribution in [0.15, 0.2) is 0 Å². The van der Waals surface area contributed by atoms with Crippen LogP contribution in [-0.2, 0) is 4.79 Å². The summed E-state index contributed by atoms with van der Waals surface area (Å²) in [4.78, 5) is 11.4. The Kier molecular flexibility index (Phi) is 2.26. The molecule has 1 aliphatic heterocycles. The molecule has 1 amide bonds. The molecule has 2 rings (SSSR count). The van der Waals surface area contributed by atoms with Gasteiger partial charge in [0.15, 0.2) is 0 Å². The first-order valence-electron chi connectivity index (χ1n) is 4.90. The molecule has 0 aromatic heterocycles. The summed E-state index contributed by atoms with van der Waals surface area (Å²) in [6.45, 7) is 1.36. The number of rotatable bonds is 3. The monoisotopic (exact) mass is 184 g/mol. The average molecular weight is 184 g/mol. The van der Waals surface area contributed by atoms with Gasteiger partial charge in [-0.1, -0.05) is 0 Å². The minimum Gasteiger partial charge on any atom is -0.388 e. The zero-order valence-corrected chi connectivity index (χ0v) is 7.68. The van der Waals surface area contributed by atoms with E-state index in [0.29, 0.717) is 19.0 Å². The van der Waals surface area contributed by atoms with E-state index >= 15 is 0 Å². The number of amides is 1. The van der Waals surface area contributed by atoms with Crippen molar-refractivity contribution in [1.29, 1.82) is 0 Å². The highest BCUT2D eigenvalue weighted by molar-refractivity contribution is 5.77. The molecule has 74 valence electrons. The smallest absolute Gasteiger partial charge is 0.223 e. The summed E-state index contributed by atoms with van der Waals surface area (Å²) in [5.41, 5.74) is -0.793. The number of carbonyl (C=O) groups is 1. The molecule has 0 radical (unpaired) electrons. The van der Waals surface area contributed by atoms with Gasteiger partial charge in [-0.15, -0.1) is 0 Å². The van der Waals surface area contributed by atoms with Gasteiger partial charge in [0.05, 0.1) is 12.0 Å². The van der Waals surface area contributed by atoms with E-state index in [2.05, 4.69) is 10.6 Å². The van der Waals surface area contributed by atoms with E-state index in [-0.39, 0.29) is 12.3 Å². The Morgan fingerprint density at radius 2 is 2.38 bits per heavy atom. The van der Waals surface area contributed by atoms with Crippen molar-refractivity contribution in [3.63, 3.8) is 0 Å². The van der Waals surface area contributed by atoms with Crippen molar-refractivity contribution in [2.45, 2.75) is 37.3 Å². The first-order valence-corrected chi connectivity index (χ1v) is 4.90. The van der Waals surface area contributed by atoms with Crippen molar-refractivity contribution < 1.29 is 9.90 Å². The van der Waals surface area contributed by atoms with Crippen molar-refractivity contribution in [2.24, 2.45) is 0 Å². The maximum atomic E-state index is 11.4. The second-order valence-corrected chi connectivity index (χ2v) is 4.17. The van der Waals surface area contributed by atoms with E-state index in [1.807, 2.05) is 0 Å². The molecule has 2 fully saturated rings. The Labute approximate surface area is 77.7 Å². The van der Waals surface area contributed by atoms with Crippen molar-refractivity contribution >= 4 is 5.91 Å². The lowest BCUT2D eigenvalue weighted by molar-refractivity contribution is -0.125. The van der Waals surface area contributed by atoms with Gasteiger partial charge < -0.3 is 15.7 Å². The summed E-state index contributed by atoms with van der Waals surface area (Å²) in [6, 6.07) is 0.394. The molecule has 13 heavy (non-hydrogen) atoms. The summed E-state index contributed by atoms with van der Waals surface area (Å²) in [7, 11) is 0. The van der Waals surface area contributed by atoms with Crippen LogP contribution in [0.3, 0.4) is 0 Å². The fraction of sp³-hybridized carbons (Fsp3) is 0.889. The highest BCUT2D eigenvalue weighted by Crippen LogP contribution is 2.22. The van der Waals surface area contributed by atoms with Crippen LogP contribution in [0, 0.1) is 0 Å². The number of β-amino-alcohol motifs (C(OH)–C–C–N with tert-alkyl or cyclic N) is 1. The lowest BCUT2D eigenvalue weighted by Gasteiger charge is -2.20. The topological polar surface area (TPSA) is 61.4 Å². The molecule has 4 nitrogen and oxygen atoms in total. The second-order valence-electron chi connectivity index (χ2n) is 4.17. The van der Waals surface area contributed by atoms with Crippen molar-refractivity contribution in [3.05, 3.63) is 0 Å². The van der Waals surface area contributed by atoms with E-state index in [1.165, 1.54) is 0 Å². The predicted molar refractivity (Wildman–Crippen MR) is 48.2 cm³/mol. The molecule has 2 aliphatic rings. The molecule has 3 N–H and O–H groups in total. The van der Waals surface area contributed by atoms with Crippen LogP contribution >= 0.6 is 0 Å². The molecule has 1 saturated carbocycles. The summed E-state index contributed by atoms with van der Waals surface area (Å²) >= 11 is 0. The SMILES string of the molecule is O=C(CC1(O)CCNC1)NC1CC1. The standard InChI is InChI=1S/C9H16N2O2/c12-8(11-7-1-2-7)5-9(13)3-4-10-6-9/h7,10,13H,1-6H2,(H,11,12). The highest BCUT2D eigenvalue weighted by atomic mass is 16.3. The van der Waals surface area contributed by atoms with E-state index in [1.54, 1.807) is 0 Å². The van der Waals surface area contributed by atoms with Gasteiger partial charge in [-0.25, -0.2) is 0 Å². The Morgan fingerprint density at radius 1 is 1.62 bits per heavy atom. The highest BCUT2D eigenvalue weighted by Gasteiger charge is 2.34. The van der Waals surface area contributed by atoms with Gasteiger partial charge in [0, 0.05) is 12.6 Å². The number of hydrogen-bond acceptors (Lipinski definition) is 3. The zero-order chi connectivity index (χ0) is 9.31. The van der Waals surface area contributed by atoms with Crippen LogP contribution in [0.25, 0.3) is 0 Å². The number of hydrogen-bond donors (Lipinski definition) is 3. The summed E-state index contributed by atoms with van der Waals surface area (Å²) in [5, 5.41) is 15.8. The summed E-state index contributed by atoms with van der Waals surface area (Å²) < 4.78 is 0. The van der Waals surface area contributed by atoms with Crippen LogP contribution in [0.1, 0.15) is 25.7 Å². The normalized spacial score (nSPS) is 33.3. The minimum atomic E-state index is -0.793. The minimum absolute atomic E-state index is 0.00583. The molecule has 1 saturated heterocycles. The molecule has 0 spiro atoms. The average Bonchev–Trinajstić information content (AvgIpc) is 2.74. The van der Waals surface area contributed by atoms with Crippen molar-refractivity contribution in [3.8, 4) is 0 Å². The van der Waals surface area contributed by atoms with E-state index < -0.39 is 5.60 Å². The van der Waals surface area contributed by atoms with Crippen molar-refractivity contribution in [1.82, 2.24) is 10.6 Å². The molecule has 0 aromatic carbocycles. The van der Waals surface area contributed by atoms with Gasteiger partial charge in [-0.3, -0.25) is 4.79 Å². The molecule has 1 unspecified atom stereocenters. The maximum Gasteiger partial charge on any atom is 0.223 e. The molecular formula is C9H16N2O2. The molecule has 1 atom stereocenters. The molecule has 1 aliphatic carbocycles. The van der Waals surface area contributed by atoms with E-state index in [9.17, 15) is 9.90 Å². The summed E-state index contributed by atoms with van der Waals surface area (Å²) in [6.07, 6.45) is 3.13. The van der Waals surface area contributed by atoms with E-state index in [4.69, 9.17) is 0 Å². The first-order chi connectivity index (χ1) is 6.18. The Hall–Kier alpha value is -0.610. The maximum absolute atomic E-state index is 11.4. The Bertz CT molecular complexity index is 208. The quantitative estimate of drug-likeness (QED) is 0.548. The fourth-order valence-corrected chi connectivity index (χ4v) is 1.69. The fourth-order valence-electron chi connectivity index (χ4n) is 1.69. The predicted octanol–water partition coefficient (Wildman–Crippen LogP) is -0.620. The van der Waals surface area contributed by atoms with Gasteiger partial charge in [0.2, 0.25) is 5.91 Å². The number of carbonyl (C=O) groups excluding carboxylic acids is 1. The molecular weight excluding hydrogens is 168 g/mol. The Balaban J connectivity index is 1.77. The van der Waals surface area contributed by atoms with Gasteiger partial charge in [-0.05, 0) is 25.8 Å². The molecule has 0 bridgehead atoms. The first kappa shape index (κ1) is 8.97. The third-order valence-electron chi connectivity index (χ3n) is 2.65. The van der Waals surface area contributed by atoms with Gasteiger partial charge in [-0.2, -0.15) is 0 Å². The second kappa shape index (κ2) is 3.27. The largest absolute Gasteiger partial charge is 0.388 e. The van der Waals surface area contributed by atoms with E-state index in [0.717, 1.165) is 19.4 Å². The van der Waals surface area contributed by atoms with Gasteiger partial charge >= 0.3 is 0 Å². The van der Waals surface area contributed by atoms with Crippen LogP contribution in [0.5, 0.6) is 0 Å². The van der Waals surface area contributed by atoms with Gasteiger partial charge in [0.1, 0.15) is 0 Å². The lowest BCUT2D eigenvalue weighted by atomic mass is 9.98. The molecule has 0 aromatic rings. The van der Waals surface area contributed by atoms with Crippen LogP contribution < -0.4 is 10.6 Å². The van der Waals surface area contributed by atoms with Crippen LogP contribution in [-0.4, -0.2) is 35.7 Å².